The lowest BCUT2D eigenvalue weighted by molar-refractivity contribution is -0.120. The molecule has 6 heteroatoms. The van der Waals surface area contributed by atoms with Crippen LogP contribution in [-0.2, 0) is 16.0 Å². The van der Waals surface area contributed by atoms with Crippen LogP contribution in [0, 0.1) is 12.8 Å². The summed E-state index contributed by atoms with van der Waals surface area (Å²) >= 11 is 0. The van der Waals surface area contributed by atoms with Crippen LogP contribution in [0.1, 0.15) is 24.0 Å². The molecule has 2 aromatic carbocycles. The number of rotatable bonds is 6. The largest absolute Gasteiger partial charge is 0.508 e. The molecule has 0 spiro atoms. The van der Waals surface area contributed by atoms with Crippen LogP contribution in [0.2, 0.25) is 0 Å². The Morgan fingerprint density at radius 1 is 1.13 bits per heavy atom. The van der Waals surface area contributed by atoms with Gasteiger partial charge >= 0.3 is 0 Å². The van der Waals surface area contributed by atoms with Crippen LogP contribution in [0.5, 0.6) is 5.75 Å². The van der Waals surface area contributed by atoms with E-state index in [1.807, 2.05) is 37.3 Å². The summed E-state index contributed by atoms with van der Waals surface area (Å²) in [4.78, 5) is 16.9. The highest BCUT2D eigenvalue weighted by molar-refractivity contribution is 5.94. The number of amides is 1. The topological polar surface area (TPSA) is 83.5 Å². The predicted molar refractivity (Wildman–Crippen MR) is 118 cm³/mol. The molecule has 1 aliphatic rings. The fourth-order valence-electron chi connectivity index (χ4n) is 3.76. The zero-order chi connectivity index (χ0) is 20.9. The van der Waals surface area contributed by atoms with E-state index < -0.39 is 0 Å². The van der Waals surface area contributed by atoms with E-state index >= 15 is 0 Å². The lowest BCUT2D eigenvalue weighted by Gasteiger charge is -2.22. The minimum atomic E-state index is 0.0306. The van der Waals surface area contributed by atoms with Crippen LogP contribution in [0.3, 0.4) is 0 Å². The Kier molecular flexibility index (Phi) is 6.14. The van der Waals surface area contributed by atoms with E-state index in [2.05, 4.69) is 15.6 Å². The molecular formula is C24H27N3O3. The number of pyridine rings is 1. The number of hydrogen-bond acceptors (Lipinski definition) is 5. The van der Waals surface area contributed by atoms with E-state index in [0.29, 0.717) is 18.9 Å². The van der Waals surface area contributed by atoms with Crippen molar-refractivity contribution in [1.29, 1.82) is 0 Å². The Balaban J connectivity index is 1.49. The van der Waals surface area contributed by atoms with E-state index in [9.17, 15) is 9.90 Å². The lowest BCUT2D eigenvalue weighted by Crippen LogP contribution is -2.33. The van der Waals surface area contributed by atoms with E-state index in [1.165, 1.54) is 0 Å². The third kappa shape index (κ3) is 4.89. The van der Waals surface area contributed by atoms with Crippen molar-refractivity contribution in [2.75, 3.05) is 25.1 Å². The molecule has 0 aliphatic carbocycles. The highest BCUT2D eigenvalue weighted by atomic mass is 16.5. The van der Waals surface area contributed by atoms with Crippen LogP contribution in [0.25, 0.3) is 10.9 Å². The molecular weight excluding hydrogens is 378 g/mol. The second-order valence-corrected chi connectivity index (χ2v) is 7.87. The van der Waals surface area contributed by atoms with Gasteiger partial charge in [0.05, 0.1) is 11.9 Å². The van der Waals surface area contributed by atoms with E-state index in [0.717, 1.165) is 59.5 Å². The van der Waals surface area contributed by atoms with Crippen LogP contribution < -0.4 is 10.6 Å². The number of fused-ring (bicyclic) bond motifs is 1. The first-order valence-corrected chi connectivity index (χ1v) is 10.4. The van der Waals surface area contributed by atoms with Gasteiger partial charge in [-0.05, 0) is 61.1 Å². The van der Waals surface area contributed by atoms with E-state index in [-0.39, 0.29) is 11.7 Å². The zero-order valence-corrected chi connectivity index (χ0v) is 17.1. The van der Waals surface area contributed by atoms with Gasteiger partial charge in [-0.15, -0.1) is 0 Å². The summed E-state index contributed by atoms with van der Waals surface area (Å²) in [5, 5.41) is 17.2. The van der Waals surface area contributed by atoms with Crippen molar-refractivity contribution in [2.24, 2.45) is 5.92 Å². The fraction of sp³-hybridized carbons (Fsp3) is 0.333. The van der Waals surface area contributed by atoms with Gasteiger partial charge in [0.1, 0.15) is 5.75 Å². The fourth-order valence-corrected chi connectivity index (χ4v) is 3.76. The first-order valence-electron chi connectivity index (χ1n) is 10.4. The minimum Gasteiger partial charge on any atom is -0.508 e. The number of carbonyl (C=O) groups excluding carboxylic acids is 1. The molecule has 4 rings (SSSR count). The van der Waals surface area contributed by atoms with Gasteiger partial charge in [-0.1, -0.05) is 12.1 Å². The molecule has 30 heavy (non-hydrogen) atoms. The van der Waals surface area contributed by atoms with E-state index in [4.69, 9.17) is 4.74 Å². The maximum atomic E-state index is 12.4. The van der Waals surface area contributed by atoms with Crippen molar-refractivity contribution in [1.82, 2.24) is 10.3 Å². The number of phenolic OH excluding ortho intramolecular Hbond substituents is 1. The number of nitrogens with zero attached hydrogens (tertiary/aromatic N) is 1. The van der Waals surface area contributed by atoms with Crippen LogP contribution in [0.4, 0.5) is 11.4 Å². The molecule has 0 bridgehead atoms. The summed E-state index contributed by atoms with van der Waals surface area (Å²) in [6.45, 7) is 4.26. The monoisotopic (exact) mass is 405 g/mol. The number of carbonyl (C=O) groups is 1. The van der Waals surface area contributed by atoms with Crippen molar-refractivity contribution >= 4 is 28.2 Å². The number of ether oxygens (including phenoxy) is 1. The summed E-state index contributed by atoms with van der Waals surface area (Å²) in [5.41, 5.74) is 4.54. The van der Waals surface area contributed by atoms with E-state index in [1.54, 1.807) is 18.3 Å². The van der Waals surface area contributed by atoms with Gasteiger partial charge in [0.2, 0.25) is 5.91 Å². The molecule has 1 amide bonds. The molecule has 2 heterocycles. The Hall–Kier alpha value is -3.12. The third-order valence-corrected chi connectivity index (χ3v) is 5.59. The SMILES string of the molecule is Cc1ccc(O)cc1Nc1ccnc2ccc(CC(=O)NCC3CCOCC3)cc12. The number of phenols is 1. The Morgan fingerprint density at radius 2 is 1.97 bits per heavy atom. The maximum absolute atomic E-state index is 12.4. The van der Waals surface area contributed by atoms with Crippen molar-refractivity contribution in [3.63, 3.8) is 0 Å². The first-order chi connectivity index (χ1) is 14.6. The van der Waals surface area contributed by atoms with Gasteiger partial charge in [0.25, 0.3) is 0 Å². The summed E-state index contributed by atoms with van der Waals surface area (Å²) in [7, 11) is 0. The molecule has 6 nitrogen and oxygen atoms in total. The number of hydrogen-bond donors (Lipinski definition) is 3. The average molecular weight is 405 g/mol. The van der Waals surface area contributed by atoms with Crippen LogP contribution in [0.15, 0.2) is 48.7 Å². The molecule has 1 fully saturated rings. The number of aromatic hydroxyl groups is 1. The molecule has 0 saturated carbocycles. The number of nitrogens with one attached hydrogen (secondary N) is 2. The maximum Gasteiger partial charge on any atom is 0.224 e. The summed E-state index contributed by atoms with van der Waals surface area (Å²) in [5.74, 6) is 0.747. The quantitative estimate of drug-likeness (QED) is 0.576. The smallest absolute Gasteiger partial charge is 0.224 e. The van der Waals surface area contributed by atoms with Crippen LogP contribution in [-0.4, -0.2) is 35.8 Å². The van der Waals surface area contributed by atoms with Crippen molar-refractivity contribution in [3.05, 3.63) is 59.8 Å². The van der Waals surface area contributed by atoms with Gasteiger partial charge in [-0.2, -0.15) is 0 Å². The second kappa shape index (κ2) is 9.13. The van der Waals surface area contributed by atoms with Crippen LogP contribution >= 0.6 is 0 Å². The Bertz CT molecular complexity index is 1050. The average Bonchev–Trinajstić information content (AvgIpc) is 2.76. The molecule has 0 radical (unpaired) electrons. The molecule has 1 saturated heterocycles. The Labute approximate surface area is 176 Å². The molecule has 1 aliphatic heterocycles. The first kappa shape index (κ1) is 20.2. The predicted octanol–water partition coefficient (Wildman–Crippen LogP) is 4.08. The molecule has 156 valence electrons. The Morgan fingerprint density at radius 3 is 2.80 bits per heavy atom. The standard InChI is InChI=1S/C24H27N3O3/c1-16-2-4-19(28)14-23(16)27-22-6-9-25-21-5-3-18(12-20(21)22)13-24(29)26-15-17-7-10-30-11-8-17/h2-6,9,12,14,17,28H,7-8,10-11,13,15H2,1H3,(H,25,27)(H,26,29). The summed E-state index contributed by atoms with van der Waals surface area (Å²) in [6.07, 6.45) is 4.10. The van der Waals surface area contributed by atoms with Crippen molar-refractivity contribution in [2.45, 2.75) is 26.2 Å². The van der Waals surface area contributed by atoms with Gasteiger partial charge in [0.15, 0.2) is 0 Å². The molecule has 3 N–H and O–H groups in total. The number of benzene rings is 2. The van der Waals surface area contributed by atoms with Gasteiger partial charge in [0, 0.05) is 48.8 Å². The van der Waals surface area contributed by atoms with Crippen molar-refractivity contribution in [3.8, 4) is 5.75 Å². The minimum absolute atomic E-state index is 0.0306. The second-order valence-electron chi connectivity index (χ2n) is 7.87. The number of aryl methyl sites for hydroxylation is 1. The van der Waals surface area contributed by atoms with Gasteiger partial charge < -0.3 is 20.5 Å². The zero-order valence-electron chi connectivity index (χ0n) is 17.1. The molecule has 1 aromatic heterocycles. The highest BCUT2D eigenvalue weighted by Gasteiger charge is 2.15. The molecule has 0 unspecified atom stereocenters. The lowest BCUT2D eigenvalue weighted by atomic mass is 10.0. The molecule has 0 atom stereocenters. The number of anilines is 2. The highest BCUT2D eigenvalue weighted by Crippen LogP contribution is 2.29. The van der Waals surface area contributed by atoms with Gasteiger partial charge in [-0.3, -0.25) is 9.78 Å². The molecule has 3 aromatic rings. The van der Waals surface area contributed by atoms with Gasteiger partial charge in [-0.25, -0.2) is 0 Å². The third-order valence-electron chi connectivity index (χ3n) is 5.59. The normalized spacial score (nSPS) is 14.6. The number of aromatic nitrogens is 1. The summed E-state index contributed by atoms with van der Waals surface area (Å²) in [6, 6.07) is 13.0. The van der Waals surface area contributed by atoms with Crippen molar-refractivity contribution < 1.29 is 14.6 Å². The summed E-state index contributed by atoms with van der Waals surface area (Å²) < 4.78 is 5.37.